The van der Waals surface area contributed by atoms with Crippen molar-refractivity contribution >= 4 is 11.6 Å². The van der Waals surface area contributed by atoms with Crippen molar-refractivity contribution in [1.29, 1.82) is 0 Å². The molecule has 6 nitrogen and oxygen atoms in total. The van der Waals surface area contributed by atoms with Gasteiger partial charge < -0.3 is 10.2 Å². The highest BCUT2D eigenvalue weighted by atomic mass is 15.3. The number of nitrogens with one attached hydrogen (secondary N) is 1. The van der Waals surface area contributed by atoms with Gasteiger partial charge in [-0.1, -0.05) is 18.6 Å². The van der Waals surface area contributed by atoms with Crippen molar-refractivity contribution in [3.05, 3.63) is 42.9 Å². The fraction of sp³-hybridized carbons (Fsp3) is 0.471. The molecule has 0 amide bonds. The van der Waals surface area contributed by atoms with Gasteiger partial charge in [-0.25, -0.2) is 0 Å². The normalized spacial score (nSPS) is 11.7. The van der Waals surface area contributed by atoms with Crippen molar-refractivity contribution in [2.75, 3.05) is 20.6 Å². The number of fused-ring (bicyclic) bond motifs is 1. The molecule has 0 aromatic carbocycles. The molecule has 2 rings (SSSR count). The van der Waals surface area contributed by atoms with Crippen LogP contribution in [0.1, 0.15) is 31.5 Å². The molecule has 0 aliphatic rings. The van der Waals surface area contributed by atoms with E-state index in [1.54, 1.807) is 7.05 Å². The SMILES string of the molecule is C=CCCCCCN(C)C(=NC)NCc1nnc2ccccn12. The molecule has 0 fully saturated rings. The zero-order chi connectivity index (χ0) is 16.5. The second-order valence-corrected chi connectivity index (χ2v) is 5.51. The third-order valence-corrected chi connectivity index (χ3v) is 3.76. The van der Waals surface area contributed by atoms with Crippen LogP contribution < -0.4 is 5.32 Å². The standard InChI is InChI=1S/C17H26N6/c1-4-5-6-7-9-12-22(3)17(18-2)19-14-16-21-20-15-11-8-10-13-23(15)16/h4,8,10-11,13H,1,5-7,9,12,14H2,2-3H3,(H,18,19). The molecule has 23 heavy (non-hydrogen) atoms. The molecule has 0 saturated carbocycles. The first-order chi connectivity index (χ1) is 11.3. The maximum atomic E-state index is 4.34. The van der Waals surface area contributed by atoms with Gasteiger partial charge in [-0.3, -0.25) is 9.39 Å². The van der Waals surface area contributed by atoms with Crippen molar-refractivity contribution in [3.8, 4) is 0 Å². The minimum atomic E-state index is 0.596. The van der Waals surface area contributed by atoms with Crippen LogP contribution in [-0.2, 0) is 6.54 Å². The van der Waals surface area contributed by atoms with E-state index in [0.717, 1.165) is 36.8 Å². The fourth-order valence-electron chi connectivity index (χ4n) is 2.47. The summed E-state index contributed by atoms with van der Waals surface area (Å²) in [5.41, 5.74) is 0.856. The van der Waals surface area contributed by atoms with E-state index in [4.69, 9.17) is 0 Å². The summed E-state index contributed by atoms with van der Waals surface area (Å²) in [4.78, 5) is 6.49. The predicted octanol–water partition coefficient (Wildman–Crippen LogP) is 2.48. The summed E-state index contributed by atoms with van der Waals surface area (Å²) in [6.45, 7) is 5.33. The van der Waals surface area contributed by atoms with Crippen LogP contribution >= 0.6 is 0 Å². The summed E-state index contributed by atoms with van der Waals surface area (Å²) in [7, 11) is 3.86. The Labute approximate surface area is 137 Å². The van der Waals surface area contributed by atoms with Crippen molar-refractivity contribution in [1.82, 2.24) is 24.8 Å². The van der Waals surface area contributed by atoms with Crippen LogP contribution in [0.25, 0.3) is 5.65 Å². The molecule has 0 unspecified atom stereocenters. The molecule has 0 atom stereocenters. The smallest absolute Gasteiger partial charge is 0.193 e. The monoisotopic (exact) mass is 314 g/mol. The summed E-state index contributed by atoms with van der Waals surface area (Å²) < 4.78 is 1.98. The maximum absolute atomic E-state index is 4.34. The molecule has 1 N–H and O–H groups in total. The van der Waals surface area contributed by atoms with Gasteiger partial charge in [-0.05, 0) is 31.4 Å². The van der Waals surface area contributed by atoms with Gasteiger partial charge in [-0.2, -0.15) is 0 Å². The first-order valence-corrected chi connectivity index (χ1v) is 8.07. The maximum Gasteiger partial charge on any atom is 0.193 e. The van der Waals surface area contributed by atoms with Gasteiger partial charge >= 0.3 is 0 Å². The van der Waals surface area contributed by atoms with E-state index in [2.05, 4.69) is 39.0 Å². The molecular formula is C17H26N6. The number of allylic oxidation sites excluding steroid dienone is 1. The first-order valence-electron chi connectivity index (χ1n) is 8.07. The average Bonchev–Trinajstić information content (AvgIpc) is 2.98. The number of unbranched alkanes of at least 4 members (excludes halogenated alkanes) is 3. The highest BCUT2D eigenvalue weighted by Crippen LogP contribution is 2.04. The van der Waals surface area contributed by atoms with E-state index in [1.807, 2.05) is 34.9 Å². The molecule has 124 valence electrons. The summed E-state index contributed by atoms with van der Waals surface area (Å²) >= 11 is 0. The van der Waals surface area contributed by atoms with E-state index in [1.165, 1.54) is 12.8 Å². The minimum absolute atomic E-state index is 0.596. The molecule has 0 radical (unpaired) electrons. The van der Waals surface area contributed by atoms with E-state index in [9.17, 15) is 0 Å². The highest BCUT2D eigenvalue weighted by molar-refractivity contribution is 5.79. The summed E-state index contributed by atoms with van der Waals surface area (Å²) in [6.07, 6.45) is 8.61. The zero-order valence-corrected chi connectivity index (χ0v) is 14.1. The van der Waals surface area contributed by atoms with Crippen molar-refractivity contribution in [3.63, 3.8) is 0 Å². The van der Waals surface area contributed by atoms with Crippen LogP contribution in [0.2, 0.25) is 0 Å². The van der Waals surface area contributed by atoms with E-state index in [-0.39, 0.29) is 0 Å². The van der Waals surface area contributed by atoms with Crippen LogP contribution in [0, 0.1) is 0 Å². The van der Waals surface area contributed by atoms with Crippen LogP contribution in [-0.4, -0.2) is 46.1 Å². The van der Waals surface area contributed by atoms with Crippen LogP contribution in [0.4, 0.5) is 0 Å². The Balaban J connectivity index is 1.83. The van der Waals surface area contributed by atoms with Gasteiger partial charge in [0, 0.05) is 26.8 Å². The van der Waals surface area contributed by atoms with Crippen molar-refractivity contribution in [2.24, 2.45) is 4.99 Å². The summed E-state index contributed by atoms with van der Waals surface area (Å²) in [5, 5.41) is 11.7. The van der Waals surface area contributed by atoms with E-state index < -0.39 is 0 Å². The zero-order valence-electron chi connectivity index (χ0n) is 14.1. The number of rotatable bonds is 8. The molecule has 2 heterocycles. The fourth-order valence-corrected chi connectivity index (χ4v) is 2.47. The Kier molecular flexibility index (Phi) is 6.59. The van der Waals surface area contributed by atoms with Crippen LogP contribution in [0.5, 0.6) is 0 Å². The van der Waals surface area contributed by atoms with E-state index >= 15 is 0 Å². The third kappa shape index (κ3) is 4.81. The molecule has 2 aromatic heterocycles. The predicted molar refractivity (Wildman–Crippen MR) is 94.5 cm³/mol. The Hall–Kier alpha value is -2.37. The van der Waals surface area contributed by atoms with Crippen molar-refractivity contribution in [2.45, 2.75) is 32.2 Å². The lowest BCUT2D eigenvalue weighted by atomic mass is 10.2. The highest BCUT2D eigenvalue weighted by Gasteiger charge is 2.08. The number of hydrogen-bond acceptors (Lipinski definition) is 3. The second-order valence-electron chi connectivity index (χ2n) is 5.51. The Morgan fingerprint density at radius 2 is 2.22 bits per heavy atom. The van der Waals surface area contributed by atoms with Gasteiger partial charge in [0.1, 0.15) is 0 Å². The topological polar surface area (TPSA) is 57.8 Å². The van der Waals surface area contributed by atoms with Gasteiger partial charge in [-0.15, -0.1) is 16.8 Å². The lowest BCUT2D eigenvalue weighted by Gasteiger charge is -2.21. The van der Waals surface area contributed by atoms with Gasteiger partial charge in [0.05, 0.1) is 6.54 Å². The lowest BCUT2D eigenvalue weighted by Crippen LogP contribution is -2.39. The Bertz CT molecular complexity index is 645. The Morgan fingerprint density at radius 3 is 3.00 bits per heavy atom. The Morgan fingerprint density at radius 1 is 1.35 bits per heavy atom. The number of aromatic nitrogens is 3. The third-order valence-electron chi connectivity index (χ3n) is 3.76. The molecule has 0 aliphatic carbocycles. The number of guanidine groups is 1. The first kappa shape index (κ1) is 17.0. The summed E-state index contributed by atoms with van der Waals surface area (Å²) in [6, 6.07) is 5.88. The average molecular weight is 314 g/mol. The van der Waals surface area contributed by atoms with Crippen LogP contribution in [0.15, 0.2) is 42.0 Å². The largest absolute Gasteiger partial charge is 0.349 e. The van der Waals surface area contributed by atoms with Crippen molar-refractivity contribution < 1.29 is 0 Å². The molecule has 6 heteroatoms. The van der Waals surface area contributed by atoms with Gasteiger partial charge in [0.2, 0.25) is 0 Å². The molecule has 0 bridgehead atoms. The molecule has 0 spiro atoms. The molecular weight excluding hydrogens is 288 g/mol. The van der Waals surface area contributed by atoms with E-state index in [0.29, 0.717) is 6.54 Å². The van der Waals surface area contributed by atoms with Gasteiger partial charge in [0.15, 0.2) is 17.4 Å². The number of hydrogen-bond donors (Lipinski definition) is 1. The number of pyridine rings is 1. The molecule has 0 aliphatic heterocycles. The van der Waals surface area contributed by atoms with Gasteiger partial charge in [0.25, 0.3) is 0 Å². The molecule has 2 aromatic rings. The number of aliphatic imine (C=N–C) groups is 1. The quantitative estimate of drug-likeness (QED) is 0.352. The van der Waals surface area contributed by atoms with Crippen LogP contribution in [0.3, 0.4) is 0 Å². The summed E-state index contributed by atoms with van der Waals surface area (Å²) in [5.74, 6) is 1.75. The number of nitrogens with zero attached hydrogens (tertiary/aromatic N) is 5. The lowest BCUT2D eigenvalue weighted by molar-refractivity contribution is 0.454. The minimum Gasteiger partial charge on any atom is -0.349 e. The second kappa shape index (κ2) is 8.92. The molecule has 0 saturated heterocycles.